The van der Waals surface area contributed by atoms with Crippen LogP contribution in [0.15, 0.2) is 24.3 Å². The molecule has 0 radical (unpaired) electrons. The third-order valence-corrected chi connectivity index (χ3v) is 6.55. The number of hydrogen-bond donors (Lipinski definition) is 2. The van der Waals surface area contributed by atoms with Gasteiger partial charge in [-0.05, 0) is 43.5 Å². The van der Waals surface area contributed by atoms with E-state index in [4.69, 9.17) is 0 Å². The highest BCUT2D eigenvalue weighted by molar-refractivity contribution is 7.91. The van der Waals surface area contributed by atoms with E-state index in [0.717, 1.165) is 24.9 Å². The van der Waals surface area contributed by atoms with Gasteiger partial charge >= 0.3 is 6.03 Å². The van der Waals surface area contributed by atoms with Crippen molar-refractivity contribution in [2.45, 2.75) is 31.3 Å². The number of nitrogens with one attached hydrogen (secondary N) is 2. The molecule has 3 rings (SSSR count). The van der Waals surface area contributed by atoms with Crippen LogP contribution < -0.4 is 10.6 Å². The lowest BCUT2D eigenvalue weighted by molar-refractivity contribution is -0.121. The van der Waals surface area contributed by atoms with Crippen LogP contribution in [0.3, 0.4) is 0 Å². The van der Waals surface area contributed by atoms with E-state index in [1.54, 1.807) is 12.1 Å². The Bertz CT molecular complexity index is 782. The second-order valence-corrected chi connectivity index (χ2v) is 9.03. The molecule has 2 aliphatic rings. The molecule has 2 atom stereocenters. The fourth-order valence-corrected chi connectivity index (χ4v) is 5.23. The minimum absolute atomic E-state index is 0.0180. The first-order valence-corrected chi connectivity index (χ1v) is 10.4. The second-order valence-electron chi connectivity index (χ2n) is 6.80. The summed E-state index contributed by atoms with van der Waals surface area (Å²) in [4.78, 5) is 26.0. The Hall–Kier alpha value is -2.00. The number of nitrogens with zero attached hydrogens (tertiary/aromatic N) is 1. The van der Waals surface area contributed by atoms with Gasteiger partial charge in [0.2, 0.25) is 5.91 Å². The molecule has 0 bridgehead atoms. The summed E-state index contributed by atoms with van der Waals surface area (Å²) in [6, 6.07) is 5.11. The zero-order valence-electron chi connectivity index (χ0n) is 14.3. The average Bonchev–Trinajstić information content (AvgIpc) is 3.14. The summed E-state index contributed by atoms with van der Waals surface area (Å²) in [5.41, 5.74) is 0.942. The number of benzene rings is 1. The molecule has 0 spiro atoms. The van der Waals surface area contributed by atoms with Gasteiger partial charge in [-0.3, -0.25) is 15.0 Å². The number of likely N-dealkylation sites (tertiary alicyclic amines) is 1. The van der Waals surface area contributed by atoms with Crippen molar-refractivity contribution in [3.05, 3.63) is 35.6 Å². The first kappa shape index (κ1) is 18.8. The van der Waals surface area contributed by atoms with Crippen LogP contribution in [0.25, 0.3) is 0 Å². The third kappa shape index (κ3) is 4.79. The molecule has 2 fully saturated rings. The van der Waals surface area contributed by atoms with Gasteiger partial charge in [0, 0.05) is 12.1 Å². The topological polar surface area (TPSA) is 95.6 Å². The van der Waals surface area contributed by atoms with Crippen LogP contribution in [0.2, 0.25) is 0 Å². The first-order valence-electron chi connectivity index (χ1n) is 8.63. The molecule has 0 aliphatic carbocycles. The molecule has 2 N–H and O–H groups in total. The van der Waals surface area contributed by atoms with Crippen molar-refractivity contribution in [2.75, 3.05) is 24.6 Å². The molecular formula is C17H22FN3O4S. The Morgan fingerprint density at radius 3 is 2.58 bits per heavy atom. The summed E-state index contributed by atoms with van der Waals surface area (Å²) in [5, 5.41) is 4.79. The van der Waals surface area contributed by atoms with E-state index in [-0.39, 0.29) is 29.9 Å². The maximum absolute atomic E-state index is 13.1. The summed E-state index contributed by atoms with van der Waals surface area (Å²) < 4.78 is 35.9. The predicted octanol–water partition coefficient (Wildman–Crippen LogP) is 0.976. The number of halogens is 1. The Kier molecular flexibility index (Phi) is 5.57. The van der Waals surface area contributed by atoms with E-state index in [1.807, 2.05) is 4.90 Å². The smallest absolute Gasteiger partial charge is 0.321 e. The van der Waals surface area contributed by atoms with Gasteiger partial charge in [-0.1, -0.05) is 12.1 Å². The van der Waals surface area contributed by atoms with Crippen LogP contribution in [0.4, 0.5) is 9.18 Å². The molecule has 0 unspecified atom stereocenters. The number of hydrogen-bond acceptors (Lipinski definition) is 5. The molecule has 7 nitrogen and oxygen atoms in total. The summed E-state index contributed by atoms with van der Waals surface area (Å²) in [6.45, 7) is 0.774. The van der Waals surface area contributed by atoms with Crippen LogP contribution >= 0.6 is 0 Å². The lowest BCUT2D eigenvalue weighted by Crippen LogP contribution is -2.47. The van der Waals surface area contributed by atoms with E-state index in [9.17, 15) is 22.4 Å². The van der Waals surface area contributed by atoms with E-state index in [1.165, 1.54) is 12.1 Å². The molecule has 9 heteroatoms. The fourth-order valence-electron chi connectivity index (χ4n) is 3.56. The van der Waals surface area contributed by atoms with Crippen molar-refractivity contribution in [1.29, 1.82) is 0 Å². The Morgan fingerprint density at radius 1 is 1.19 bits per heavy atom. The van der Waals surface area contributed by atoms with Crippen molar-refractivity contribution in [2.24, 2.45) is 0 Å². The monoisotopic (exact) mass is 383 g/mol. The van der Waals surface area contributed by atoms with E-state index >= 15 is 0 Å². The third-order valence-electron chi connectivity index (χ3n) is 4.79. The molecule has 2 saturated heterocycles. The van der Waals surface area contributed by atoms with Crippen LogP contribution in [-0.4, -0.2) is 55.9 Å². The van der Waals surface area contributed by atoms with Crippen molar-refractivity contribution in [1.82, 2.24) is 15.5 Å². The number of rotatable bonds is 4. The van der Waals surface area contributed by atoms with Crippen LogP contribution in [-0.2, 0) is 14.6 Å². The standard InChI is InChI=1S/C17H22FN3O4S/c18-13-5-3-12(4-6-13)15-2-1-8-21(15)10-16(22)20-17(23)19-14-7-9-26(24,25)11-14/h3-6,14-15H,1-2,7-11H2,(H2,19,20,22,23)/t14-,15+/m1/s1. The van der Waals surface area contributed by atoms with Crippen molar-refractivity contribution in [3.8, 4) is 0 Å². The fraction of sp³-hybridized carbons (Fsp3) is 0.529. The molecule has 1 aromatic carbocycles. The number of carbonyl (C=O) groups is 2. The summed E-state index contributed by atoms with van der Waals surface area (Å²) in [6.07, 6.45) is 2.15. The van der Waals surface area contributed by atoms with Gasteiger partial charge in [-0.15, -0.1) is 0 Å². The zero-order valence-corrected chi connectivity index (χ0v) is 15.1. The van der Waals surface area contributed by atoms with Gasteiger partial charge in [0.25, 0.3) is 0 Å². The zero-order chi connectivity index (χ0) is 18.7. The Morgan fingerprint density at radius 2 is 1.92 bits per heavy atom. The number of carbonyl (C=O) groups excluding carboxylic acids is 2. The van der Waals surface area contributed by atoms with E-state index in [0.29, 0.717) is 6.42 Å². The Balaban J connectivity index is 1.50. The van der Waals surface area contributed by atoms with Crippen molar-refractivity contribution < 1.29 is 22.4 Å². The van der Waals surface area contributed by atoms with Gasteiger partial charge < -0.3 is 5.32 Å². The molecule has 0 saturated carbocycles. The van der Waals surface area contributed by atoms with Gasteiger partial charge in [-0.25, -0.2) is 17.6 Å². The first-order chi connectivity index (χ1) is 12.3. The lowest BCUT2D eigenvalue weighted by atomic mass is 10.0. The van der Waals surface area contributed by atoms with Crippen molar-refractivity contribution >= 4 is 21.8 Å². The van der Waals surface area contributed by atoms with Gasteiger partial charge in [-0.2, -0.15) is 0 Å². The molecule has 0 aromatic heterocycles. The molecule has 2 heterocycles. The number of urea groups is 1. The average molecular weight is 383 g/mol. The molecule has 2 aliphatic heterocycles. The highest BCUT2D eigenvalue weighted by Gasteiger charge is 2.30. The number of amides is 3. The normalized spacial score (nSPS) is 25.1. The maximum Gasteiger partial charge on any atom is 0.321 e. The lowest BCUT2D eigenvalue weighted by Gasteiger charge is -2.24. The van der Waals surface area contributed by atoms with E-state index in [2.05, 4.69) is 10.6 Å². The highest BCUT2D eigenvalue weighted by atomic mass is 32.2. The number of sulfone groups is 1. The quantitative estimate of drug-likeness (QED) is 0.808. The van der Waals surface area contributed by atoms with Gasteiger partial charge in [0.05, 0.1) is 18.1 Å². The largest absolute Gasteiger partial charge is 0.334 e. The summed E-state index contributed by atoms with van der Waals surface area (Å²) in [5.74, 6) is -0.786. The summed E-state index contributed by atoms with van der Waals surface area (Å²) >= 11 is 0. The Labute approximate surface area is 151 Å². The van der Waals surface area contributed by atoms with E-state index < -0.39 is 27.8 Å². The molecular weight excluding hydrogens is 361 g/mol. The molecule has 26 heavy (non-hydrogen) atoms. The van der Waals surface area contributed by atoms with Crippen molar-refractivity contribution in [3.63, 3.8) is 0 Å². The van der Waals surface area contributed by atoms with Crippen LogP contribution in [0.5, 0.6) is 0 Å². The van der Waals surface area contributed by atoms with Crippen LogP contribution in [0, 0.1) is 5.82 Å². The van der Waals surface area contributed by atoms with Gasteiger partial charge in [0.1, 0.15) is 5.82 Å². The SMILES string of the molecule is O=C(CN1CCC[C@H]1c1ccc(F)cc1)NC(=O)N[C@@H]1CCS(=O)(=O)C1. The molecule has 1 aromatic rings. The minimum atomic E-state index is -3.09. The minimum Gasteiger partial charge on any atom is -0.334 e. The maximum atomic E-state index is 13.1. The highest BCUT2D eigenvalue weighted by Crippen LogP contribution is 2.31. The molecule has 3 amide bonds. The molecule has 142 valence electrons. The number of imide groups is 1. The second kappa shape index (κ2) is 7.71. The summed E-state index contributed by atoms with van der Waals surface area (Å²) in [7, 11) is -3.09. The van der Waals surface area contributed by atoms with Crippen LogP contribution in [0.1, 0.15) is 30.9 Å². The predicted molar refractivity (Wildman–Crippen MR) is 93.7 cm³/mol. The van der Waals surface area contributed by atoms with Gasteiger partial charge in [0.15, 0.2) is 9.84 Å².